The van der Waals surface area contributed by atoms with E-state index in [9.17, 15) is 4.79 Å². The molecule has 1 aliphatic heterocycles. The predicted octanol–water partition coefficient (Wildman–Crippen LogP) is 4.12. The average molecular weight is 349 g/mol. The maximum atomic E-state index is 11.7. The van der Waals surface area contributed by atoms with Crippen LogP contribution in [0.25, 0.3) is 10.4 Å². The predicted molar refractivity (Wildman–Crippen MR) is 96.9 cm³/mol. The van der Waals surface area contributed by atoms with Crippen LogP contribution in [0.5, 0.6) is 0 Å². The highest BCUT2D eigenvalue weighted by Crippen LogP contribution is 2.30. The van der Waals surface area contributed by atoms with Crippen LogP contribution in [-0.4, -0.2) is 41.9 Å². The highest BCUT2D eigenvalue weighted by molar-refractivity contribution is 7.15. The van der Waals surface area contributed by atoms with Gasteiger partial charge in [0.05, 0.1) is 0 Å². The maximum Gasteiger partial charge on any atom is 0.222 e. The number of benzene rings is 1. The molecule has 1 aromatic carbocycles. The maximum absolute atomic E-state index is 11.7. The van der Waals surface area contributed by atoms with Crippen LogP contribution in [0.15, 0.2) is 36.4 Å². The van der Waals surface area contributed by atoms with Crippen LogP contribution in [0.1, 0.15) is 18.2 Å². The molecule has 0 saturated carbocycles. The third-order valence-corrected chi connectivity index (χ3v) is 5.53. The van der Waals surface area contributed by atoms with Crippen molar-refractivity contribution in [2.24, 2.45) is 0 Å². The van der Waals surface area contributed by atoms with Gasteiger partial charge in [-0.15, -0.1) is 11.3 Å². The van der Waals surface area contributed by atoms with Crippen molar-refractivity contribution in [2.75, 3.05) is 26.2 Å². The van der Waals surface area contributed by atoms with Crippen molar-refractivity contribution in [2.45, 2.75) is 19.9 Å². The fourth-order valence-corrected chi connectivity index (χ4v) is 4.10. The molecule has 0 unspecified atom stereocenters. The molecule has 1 saturated heterocycles. The quantitative estimate of drug-likeness (QED) is 0.829. The molecule has 23 heavy (non-hydrogen) atoms. The van der Waals surface area contributed by atoms with Gasteiger partial charge in [0.15, 0.2) is 0 Å². The lowest BCUT2D eigenvalue weighted by molar-refractivity contribution is -0.132. The number of amides is 1. The number of halogens is 1. The number of hydrogen-bond donors (Lipinski definition) is 0. The van der Waals surface area contributed by atoms with Crippen LogP contribution in [0, 0.1) is 0 Å². The summed E-state index contributed by atoms with van der Waals surface area (Å²) in [5, 5.41) is 0.772. The highest BCUT2D eigenvalue weighted by atomic mass is 35.5. The van der Waals surface area contributed by atoms with Gasteiger partial charge in [0.25, 0.3) is 0 Å². The molecule has 1 amide bonds. The van der Waals surface area contributed by atoms with Crippen molar-refractivity contribution in [1.82, 2.24) is 9.80 Å². The minimum atomic E-state index is 0.268. The Hall–Kier alpha value is -1.36. The lowest BCUT2D eigenvalue weighted by Gasteiger charge is -2.34. The number of hydrogen-bond acceptors (Lipinski definition) is 3. The zero-order valence-electron chi connectivity index (χ0n) is 13.3. The molecule has 5 heteroatoms. The number of thiophene rings is 1. The van der Waals surface area contributed by atoms with Crippen LogP contribution in [0.4, 0.5) is 0 Å². The Labute approximate surface area is 146 Å². The van der Waals surface area contributed by atoms with Gasteiger partial charge in [-0.1, -0.05) is 30.7 Å². The molecule has 3 nitrogen and oxygen atoms in total. The van der Waals surface area contributed by atoms with E-state index in [2.05, 4.69) is 23.1 Å². The van der Waals surface area contributed by atoms with E-state index >= 15 is 0 Å². The molecule has 0 aliphatic carbocycles. The summed E-state index contributed by atoms with van der Waals surface area (Å²) < 4.78 is 0. The first-order valence-corrected chi connectivity index (χ1v) is 9.20. The Kier molecular flexibility index (Phi) is 5.36. The Bertz CT molecular complexity index is 677. The minimum Gasteiger partial charge on any atom is -0.340 e. The molecule has 2 heterocycles. The monoisotopic (exact) mass is 348 g/mol. The third kappa shape index (κ3) is 4.14. The van der Waals surface area contributed by atoms with Crippen molar-refractivity contribution in [3.63, 3.8) is 0 Å². The summed E-state index contributed by atoms with van der Waals surface area (Å²) in [5.41, 5.74) is 1.17. The summed E-state index contributed by atoms with van der Waals surface area (Å²) in [6.07, 6.45) is 0.605. The van der Waals surface area contributed by atoms with Crippen molar-refractivity contribution in [1.29, 1.82) is 0 Å². The van der Waals surface area contributed by atoms with Gasteiger partial charge in [0.1, 0.15) is 0 Å². The normalized spacial score (nSPS) is 15.8. The largest absolute Gasteiger partial charge is 0.340 e. The molecule has 0 bridgehead atoms. The molecule has 0 radical (unpaired) electrons. The van der Waals surface area contributed by atoms with Crippen molar-refractivity contribution in [3.05, 3.63) is 46.3 Å². The lowest BCUT2D eigenvalue weighted by atomic mass is 10.2. The molecule has 122 valence electrons. The Morgan fingerprint density at radius 2 is 1.96 bits per heavy atom. The second-order valence-electron chi connectivity index (χ2n) is 5.79. The molecular formula is C18H21ClN2OS. The van der Waals surface area contributed by atoms with Crippen LogP contribution in [0.3, 0.4) is 0 Å². The Morgan fingerprint density at radius 3 is 2.65 bits per heavy atom. The van der Waals surface area contributed by atoms with Gasteiger partial charge < -0.3 is 4.90 Å². The fraction of sp³-hybridized carbons (Fsp3) is 0.389. The van der Waals surface area contributed by atoms with Crippen LogP contribution < -0.4 is 0 Å². The van der Waals surface area contributed by atoms with E-state index in [0.29, 0.717) is 6.42 Å². The van der Waals surface area contributed by atoms with Gasteiger partial charge in [-0.3, -0.25) is 9.69 Å². The summed E-state index contributed by atoms with van der Waals surface area (Å²) in [6, 6.07) is 12.4. The second kappa shape index (κ2) is 7.47. The molecule has 3 rings (SSSR count). The first-order valence-electron chi connectivity index (χ1n) is 8.00. The van der Waals surface area contributed by atoms with Gasteiger partial charge in [0.2, 0.25) is 5.91 Å². The molecule has 1 aliphatic rings. The van der Waals surface area contributed by atoms with Gasteiger partial charge >= 0.3 is 0 Å². The molecule has 2 aromatic rings. The summed E-state index contributed by atoms with van der Waals surface area (Å²) >= 11 is 7.89. The van der Waals surface area contributed by atoms with Crippen molar-refractivity contribution in [3.8, 4) is 10.4 Å². The van der Waals surface area contributed by atoms with E-state index in [1.54, 1.807) is 0 Å². The summed E-state index contributed by atoms with van der Waals surface area (Å²) in [7, 11) is 0. The SMILES string of the molecule is CCC(=O)N1CCN(Cc2ccc(-c3cccc(Cl)c3)s2)CC1. The number of piperazine rings is 1. The summed E-state index contributed by atoms with van der Waals surface area (Å²) in [4.78, 5) is 18.7. The van der Waals surface area contributed by atoms with E-state index in [1.165, 1.54) is 15.3 Å². The van der Waals surface area contributed by atoms with Gasteiger partial charge in [-0.2, -0.15) is 0 Å². The van der Waals surface area contributed by atoms with Crippen LogP contribution >= 0.6 is 22.9 Å². The van der Waals surface area contributed by atoms with Crippen molar-refractivity contribution < 1.29 is 4.79 Å². The fourth-order valence-electron chi connectivity index (χ4n) is 2.86. The molecule has 1 fully saturated rings. The van der Waals surface area contributed by atoms with E-state index in [-0.39, 0.29) is 5.91 Å². The minimum absolute atomic E-state index is 0.268. The topological polar surface area (TPSA) is 23.6 Å². The second-order valence-corrected chi connectivity index (χ2v) is 7.39. The average Bonchev–Trinajstić information content (AvgIpc) is 3.03. The smallest absolute Gasteiger partial charge is 0.222 e. The highest BCUT2D eigenvalue weighted by Gasteiger charge is 2.20. The summed E-state index contributed by atoms with van der Waals surface area (Å²) in [5.74, 6) is 0.268. The van der Waals surface area contributed by atoms with Crippen LogP contribution in [-0.2, 0) is 11.3 Å². The zero-order valence-corrected chi connectivity index (χ0v) is 14.9. The van der Waals surface area contributed by atoms with E-state index in [0.717, 1.165) is 37.7 Å². The third-order valence-electron chi connectivity index (χ3n) is 4.18. The zero-order chi connectivity index (χ0) is 16.2. The van der Waals surface area contributed by atoms with Gasteiger partial charge in [-0.25, -0.2) is 0 Å². The van der Waals surface area contributed by atoms with E-state index in [4.69, 9.17) is 11.6 Å². The van der Waals surface area contributed by atoms with Gasteiger partial charge in [0, 0.05) is 53.9 Å². The Morgan fingerprint density at radius 1 is 1.17 bits per heavy atom. The molecule has 0 spiro atoms. The number of carbonyl (C=O) groups is 1. The van der Waals surface area contributed by atoms with Crippen LogP contribution in [0.2, 0.25) is 5.02 Å². The first kappa shape index (κ1) is 16.5. The number of carbonyl (C=O) groups excluding carboxylic acids is 1. The first-order chi connectivity index (χ1) is 11.2. The standard InChI is InChI=1S/C18H21ClN2OS/c1-2-18(22)21-10-8-20(9-11-21)13-16-6-7-17(23-16)14-4-3-5-15(19)12-14/h3-7,12H,2,8-11,13H2,1H3. The van der Waals surface area contributed by atoms with Crippen molar-refractivity contribution >= 4 is 28.8 Å². The molecule has 0 atom stereocenters. The molecular weight excluding hydrogens is 328 g/mol. The van der Waals surface area contributed by atoms with E-state index in [1.807, 2.05) is 41.4 Å². The molecule has 0 N–H and O–H groups in total. The lowest BCUT2D eigenvalue weighted by Crippen LogP contribution is -2.48. The van der Waals surface area contributed by atoms with Gasteiger partial charge in [-0.05, 0) is 29.8 Å². The van der Waals surface area contributed by atoms with E-state index < -0.39 is 0 Å². The molecule has 1 aromatic heterocycles. The number of rotatable bonds is 4. The Balaban J connectivity index is 1.59. The number of nitrogens with zero attached hydrogens (tertiary/aromatic N) is 2. The summed E-state index contributed by atoms with van der Waals surface area (Å²) in [6.45, 7) is 6.49.